The van der Waals surface area contributed by atoms with E-state index in [4.69, 9.17) is 9.15 Å². The van der Waals surface area contributed by atoms with Gasteiger partial charge in [-0.1, -0.05) is 22.0 Å². The maximum Gasteiger partial charge on any atom is 0.291 e. The van der Waals surface area contributed by atoms with Crippen molar-refractivity contribution in [2.24, 2.45) is 0 Å². The van der Waals surface area contributed by atoms with Crippen LogP contribution in [0.4, 0.5) is 11.4 Å². The molecule has 2 amide bonds. The fourth-order valence-corrected chi connectivity index (χ4v) is 3.80. The molecule has 3 rings (SSSR count). The van der Waals surface area contributed by atoms with Crippen molar-refractivity contribution >= 4 is 55.0 Å². The van der Waals surface area contributed by atoms with Crippen molar-refractivity contribution < 1.29 is 18.7 Å². The first-order valence-corrected chi connectivity index (χ1v) is 9.36. The number of benzene rings is 2. The van der Waals surface area contributed by atoms with E-state index >= 15 is 0 Å². The van der Waals surface area contributed by atoms with E-state index in [0.29, 0.717) is 27.2 Å². The van der Waals surface area contributed by atoms with E-state index in [1.54, 1.807) is 48.5 Å². The highest BCUT2D eigenvalue weighted by Gasteiger charge is 2.17. The number of rotatable bonds is 5. The number of carbonyl (C=O) groups is 2. The normalized spacial score (nSPS) is 10.3. The predicted octanol–water partition coefficient (Wildman–Crippen LogP) is 5.32. The molecular formula is C19H14Br2N2O4. The summed E-state index contributed by atoms with van der Waals surface area (Å²) in [4.78, 5) is 24.8. The number of carbonyl (C=O) groups excluding carboxylic acids is 2. The van der Waals surface area contributed by atoms with Crippen LogP contribution in [0.3, 0.4) is 0 Å². The van der Waals surface area contributed by atoms with E-state index in [2.05, 4.69) is 42.5 Å². The van der Waals surface area contributed by atoms with E-state index in [1.807, 2.05) is 0 Å². The number of halogens is 2. The minimum absolute atomic E-state index is 0.202. The van der Waals surface area contributed by atoms with Crippen molar-refractivity contribution in [1.29, 1.82) is 0 Å². The van der Waals surface area contributed by atoms with Gasteiger partial charge in [-0.2, -0.15) is 0 Å². The summed E-state index contributed by atoms with van der Waals surface area (Å²) < 4.78 is 11.8. The maximum atomic E-state index is 12.7. The molecule has 0 unspecified atom stereocenters. The topological polar surface area (TPSA) is 80.6 Å². The Morgan fingerprint density at radius 1 is 0.963 bits per heavy atom. The zero-order valence-corrected chi connectivity index (χ0v) is 17.3. The Balaban J connectivity index is 1.78. The molecule has 0 saturated carbocycles. The Labute approximate surface area is 172 Å². The molecule has 27 heavy (non-hydrogen) atoms. The van der Waals surface area contributed by atoms with Gasteiger partial charge in [-0.25, -0.2) is 0 Å². The number of furan rings is 1. The summed E-state index contributed by atoms with van der Waals surface area (Å²) in [5, 5.41) is 5.52. The van der Waals surface area contributed by atoms with Crippen LogP contribution in [0.5, 0.6) is 5.75 Å². The fraction of sp³-hybridized carbons (Fsp3) is 0.0526. The van der Waals surface area contributed by atoms with Crippen LogP contribution in [0.25, 0.3) is 0 Å². The van der Waals surface area contributed by atoms with Crippen LogP contribution in [0, 0.1) is 0 Å². The lowest BCUT2D eigenvalue weighted by atomic mass is 10.1. The molecule has 0 saturated heterocycles. The Bertz CT molecular complexity index is 987. The first-order valence-electron chi connectivity index (χ1n) is 7.77. The molecule has 3 aromatic rings. The first kappa shape index (κ1) is 19.2. The third-order valence-corrected chi connectivity index (χ3v) is 4.63. The number of ether oxygens (including phenoxy) is 1. The summed E-state index contributed by atoms with van der Waals surface area (Å²) in [5.74, 6) is -0.0874. The molecule has 2 aromatic carbocycles. The molecular weight excluding hydrogens is 480 g/mol. The van der Waals surface area contributed by atoms with Crippen molar-refractivity contribution in [2.45, 2.75) is 0 Å². The van der Waals surface area contributed by atoms with Gasteiger partial charge in [-0.05, 0) is 58.4 Å². The molecule has 1 aromatic heterocycles. The highest BCUT2D eigenvalue weighted by molar-refractivity contribution is 9.11. The van der Waals surface area contributed by atoms with Gasteiger partial charge in [0.1, 0.15) is 5.75 Å². The summed E-state index contributed by atoms with van der Waals surface area (Å²) in [6.45, 7) is 0. The Hall–Kier alpha value is -2.58. The van der Waals surface area contributed by atoms with Crippen molar-refractivity contribution in [3.8, 4) is 5.75 Å². The number of hydrogen-bond acceptors (Lipinski definition) is 4. The summed E-state index contributed by atoms with van der Waals surface area (Å²) in [6, 6.07) is 13.5. The summed E-state index contributed by atoms with van der Waals surface area (Å²) in [6.07, 6.45) is 1.43. The summed E-state index contributed by atoms with van der Waals surface area (Å²) >= 11 is 6.74. The molecule has 0 aliphatic carbocycles. The van der Waals surface area contributed by atoms with Gasteiger partial charge in [0.25, 0.3) is 11.8 Å². The minimum Gasteiger partial charge on any atom is -0.495 e. The smallest absolute Gasteiger partial charge is 0.291 e. The van der Waals surface area contributed by atoms with Crippen molar-refractivity contribution in [1.82, 2.24) is 0 Å². The van der Waals surface area contributed by atoms with Gasteiger partial charge in [0.05, 0.1) is 23.4 Å². The van der Waals surface area contributed by atoms with E-state index in [0.717, 1.165) is 4.47 Å². The Morgan fingerprint density at radius 3 is 2.30 bits per heavy atom. The van der Waals surface area contributed by atoms with Crippen LogP contribution in [0.15, 0.2) is 68.2 Å². The standard InChI is InChI=1S/C19H14Br2N2O4/c1-26-17-14(8-11(20)9-15(17)21)18(24)22-12-4-2-5-13(10-12)23-19(25)16-6-3-7-27-16/h2-10H,1H3,(H,22,24)(H,23,25). The van der Waals surface area contributed by atoms with Crippen LogP contribution in [0.2, 0.25) is 0 Å². The molecule has 0 radical (unpaired) electrons. The second-order valence-electron chi connectivity index (χ2n) is 5.43. The van der Waals surface area contributed by atoms with Crippen molar-refractivity contribution in [3.63, 3.8) is 0 Å². The van der Waals surface area contributed by atoms with E-state index in [9.17, 15) is 9.59 Å². The molecule has 0 bridgehead atoms. The lowest BCUT2D eigenvalue weighted by Gasteiger charge is -2.12. The molecule has 138 valence electrons. The van der Waals surface area contributed by atoms with Crippen LogP contribution in [0.1, 0.15) is 20.9 Å². The highest BCUT2D eigenvalue weighted by atomic mass is 79.9. The number of methoxy groups -OCH3 is 1. The Morgan fingerprint density at radius 2 is 1.67 bits per heavy atom. The third kappa shape index (κ3) is 4.58. The van der Waals surface area contributed by atoms with E-state index in [-0.39, 0.29) is 17.6 Å². The molecule has 0 atom stereocenters. The quantitative estimate of drug-likeness (QED) is 0.504. The van der Waals surface area contributed by atoms with Gasteiger partial charge in [-0.3, -0.25) is 9.59 Å². The van der Waals surface area contributed by atoms with Gasteiger partial charge in [0, 0.05) is 15.8 Å². The molecule has 0 aliphatic heterocycles. The molecule has 6 nitrogen and oxygen atoms in total. The minimum atomic E-state index is -0.374. The second kappa shape index (κ2) is 8.41. The number of nitrogens with one attached hydrogen (secondary N) is 2. The van der Waals surface area contributed by atoms with Crippen LogP contribution >= 0.6 is 31.9 Å². The summed E-state index contributed by atoms with van der Waals surface area (Å²) in [5.41, 5.74) is 1.41. The lowest BCUT2D eigenvalue weighted by molar-refractivity contribution is 0.0994. The number of hydrogen-bond donors (Lipinski definition) is 2. The van der Waals surface area contributed by atoms with Gasteiger partial charge in [-0.15, -0.1) is 0 Å². The largest absolute Gasteiger partial charge is 0.495 e. The molecule has 0 spiro atoms. The molecule has 1 heterocycles. The fourth-order valence-electron chi connectivity index (χ4n) is 2.41. The van der Waals surface area contributed by atoms with E-state index in [1.165, 1.54) is 13.4 Å². The Kier molecular flexibility index (Phi) is 5.98. The van der Waals surface area contributed by atoms with Crippen molar-refractivity contribution in [2.75, 3.05) is 17.7 Å². The molecule has 0 aliphatic rings. The average Bonchev–Trinajstić information content (AvgIpc) is 3.16. The van der Waals surface area contributed by atoms with Crippen molar-refractivity contribution in [3.05, 3.63) is 75.1 Å². The molecule has 2 N–H and O–H groups in total. The van der Waals surface area contributed by atoms with Gasteiger partial charge < -0.3 is 19.8 Å². The third-order valence-electron chi connectivity index (χ3n) is 3.58. The second-order valence-corrected chi connectivity index (χ2v) is 7.20. The monoisotopic (exact) mass is 492 g/mol. The average molecular weight is 494 g/mol. The zero-order chi connectivity index (χ0) is 19.4. The first-order chi connectivity index (χ1) is 13.0. The van der Waals surface area contributed by atoms with Gasteiger partial charge in [0.2, 0.25) is 0 Å². The van der Waals surface area contributed by atoms with E-state index < -0.39 is 0 Å². The maximum absolute atomic E-state index is 12.7. The number of amides is 2. The molecule has 0 fully saturated rings. The van der Waals surface area contributed by atoms with Crippen LogP contribution < -0.4 is 15.4 Å². The van der Waals surface area contributed by atoms with Gasteiger partial charge in [0.15, 0.2) is 5.76 Å². The van der Waals surface area contributed by atoms with Crippen LogP contribution in [-0.4, -0.2) is 18.9 Å². The highest BCUT2D eigenvalue weighted by Crippen LogP contribution is 2.33. The predicted molar refractivity (Wildman–Crippen MR) is 109 cm³/mol. The van der Waals surface area contributed by atoms with Gasteiger partial charge >= 0.3 is 0 Å². The number of anilines is 2. The zero-order valence-electron chi connectivity index (χ0n) is 14.1. The summed E-state index contributed by atoms with van der Waals surface area (Å²) in [7, 11) is 1.50. The SMILES string of the molecule is COc1c(Br)cc(Br)cc1C(=O)Nc1cccc(NC(=O)c2ccco2)c1. The molecule has 8 heteroatoms. The van der Waals surface area contributed by atoms with Crippen LogP contribution in [-0.2, 0) is 0 Å². The lowest BCUT2D eigenvalue weighted by Crippen LogP contribution is -2.14.